The van der Waals surface area contributed by atoms with Gasteiger partial charge in [-0.25, -0.2) is 0 Å². The Kier molecular flexibility index (Phi) is 5.16. The van der Waals surface area contributed by atoms with E-state index in [9.17, 15) is 4.79 Å². The van der Waals surface area contributed by atoms with E-state index in [-0.39, 0.29) is 12.5 Å². The number of hydrogen-bond donors (Lipinski definition) is 1. The van der Waals surface area contributed by atoms with Crippen LogP contribution in [-0.2, 0) is 13.0 Å². The summed E-state index contributed by atoms with van der Waals surface area (Å²) in [6, 6.07) is 17.8. The molecule has 1 aliphatic heterocycles. The van der Waals surface area contributed by atoms with E-state index in [1.807, 2.05) is 47.4 Å². The number of carbonyl (C=O) groups excluding carboxylic acids is 1. The van der Waals surface area contributed by atoms with Crippen molar-refractivity contribution < 1.29 is 9.90 Å². The predicted octanol–water partition coefficient (Wildman–Crippen LogP) is 3.82. The lowest BCUT2D eigenvalue weighted by molar-refractivity contribution is 0.0690. The highest BCUT2D eigenvalue weighted by molar-refractivity contribution is 5.97. The van der Waals surface area contributed by atoms with Gasteiger partial charge in [-0.2, -0.15) is 0 Å². The molecule has 0 spiro atoms. The molecule has 0 bridgehead atoms. The number of hydrogen-bond acceptors (Lipinski definition) is 3. The van der Waals surface area contributed by atoms with E-state index >= 15 is 0 Å². The molecule has 138 valence electrons. The minimum atomic E-state index is 0.0889. The standard InChI is InChI=1S/C23H24N2O2/c26-16-19-5-3-17(4-6-19)14-18-9-12-25(13-10-18)23(27)21-7-8-22-20(15-21)2-1-11-24-22/h1-8,11,15,18,26H,9-10,12-14,16H2. The van der Waals surface area contributed by atoms with Gasteiger partial charge in [-0.05, 0) is 60.6 Å². The Hall–Kier alpha value is -2.72. The van der Waals surface area contributed by atoms with Gasteiger partial charge in [0.25, 0.3) is 5.91 Å². The number of piperidine rings is 1. The number of benzene rings is 2. The average molecular weight is 360 g/mol. The molecule has 4 heteroatoms. The zero-order chi connectivity index (χ0) is 18.6. The lowest BCUT2D eigenvalue weighted by Gasteiger charge is -2.32. The number of carbonyl (C=O) groups is 1. The third-order valence-corrected chi connectivity index (χ3v) is 5.48. The van der Waals surface area contributed by atoms with Crippen LogP contribution in [0.25, 0.3) is 10.9 Å². The molecule has 0 unspecified atom stereocenters. The first-order chi connectivity index (χ1) is 13.2. The lowest BCUT2D eigenvalue weighted by Crippen LogP contribution is -2.38. The molecular weight excluding hydrogens is 336 g/mol. The Labute approximate surface area is 159 Å². The maximum atomic E-state index is 12.9. The van der Waals surface area contributed by atoms with Gasteiger partial charge in [0.15, 0.2) is 0 Å². The molecule has 2 aromatic carbocycles. The van der Waals surface area contributed by atoms with Gasteiger partial charge in [0, 0.05) is 30.2 Å². The Morgan fingerprint density at radius 1 is 1.04 bits per heavy atom. The summed E-state index contributed by atoms with van der Waals surface area (Å²) in [6.45, 7) is 1.71. The summed E-state index contributed by atoms with van der Waals surface area (Å²) >= 11 is 0. The summed E-state index contributed by atoms with van der Waals surface area (Å²) in [7, 11) is 0. The van der Waals surface area contributed by atoms with Crippen LogP contribution in [0.5, 0.6) is 0 Å². The van der Waals surface area contributed by atoms with Crippen LogP contribution >= 0.6 is 0 Å². The molecule has 0 saturated carbocycles. The summed E-state index contributed by atoms with van der Waals surface area (Å²) in [5.41, 5.74) is 3.91. The van der Waals surface area contributed by atoms with Crippen molar-refractivity contribution in [1.82, 2.24) is 9.88 Å². The Balaban J connectivity index is 1.36. The molecule has 27 heavy (non-hydrogen) atoms. The summed E-state index contributed by atoms with van der Waals surface area (Å²) in [5, 5.41) is 10.1. The number of aliphatic hydroxyl groups excluding tert-OH is 1. The van der Waals surface area contributed by atoms with Crippen LogP contribution in [0.2, 0.25) is 0 Å². The molecule has 1 saturated heterocycles. The highest BCUT2D eigenvalue weighted by Crippen LogP contribution is 2.24. The van der Waals surface area contributed by atoms with Crippen molar-refractivity contribution in [1.29, 1.82) is 0 Å². The smallest absolute Gasteiger partial charge is 0.253 e. The Morgan fingerprint density at radius 3 is 2.52 bits per heavy atom. The van der Waals surface area contributed by atoms with Crippen molar-refractivity contribution in [3.63, 3.8) is 0 Å². The van der Waals surface area contributed by atoms with Crippen molar-refractivity contribution in [2.75, 3.05) is 13.1 Å². The molecule has 4 nitrogen and oxygen atoms in total. The first-order valence-electron chi connectivity index (χ1n) is 9.55. The molecule has 1 amide bonds. The van der Waals surface area contributed by atoms with Gasteiger partial charge in [0.2, 0.25) is 0 Å². The van der Waals surface area contributed by atoms with Gasteiger partial charge >= 0.3 is 0 Å². The van der Waals surface area contributed by atoms with Gasteiger partial charge < -0.3 is 10.0 Å². The van der Waals surface area contributed by atoms with Gasteiger partial charge in [-0.3, -0.25) is 9.78 Å². The van der Waals surface area contributed by atoms with Gasteiger partial charge in [0.05, 0.1) is 12.1 Å². The van der Waals surface area contributed by atoms with E-state index in [4.69, 9.17) is 5.11 Å². The van der Waals surface area contributed by atoms with Crippen molar-refractivity contribution in [2.45, 2.75) is 25.9 Å². The molecule has 1 N–H and O–H groups in total. The van der Waals surface area contributed by atoms with Crippen LogP contribution in [0.1, 0.15) is 34.3 Å². The lowest BCUT2D eigenvalue weighted by atomic mass is 9.89. The van der Waals surface area contributed by atoms with E-state index in [0.717, 1.165) is 54.4 Å². The van der Waals surface area contributed by atoms with E-state index in [1.165, 1.54) is 5.56 Å². The second-order valence-electron chi connectivity index (χ2n) is 7.33. The zero-order valence-electron chi connectivity index (χ0n) is 15.3. The minimum Gasteiger partial charge on any atom is -0.392 e. The number of aromatic nitrogens is 1. The fraction of sp³-hybridized carbons (Fsp3) is 0.304. The largest absolute Gasteiger partial charge is 0.392 e. The first-order valence-corrected chi connectivity index (χ1v) is 9.55. The van der Waals surface area contributed by atoms with Crippen molar-refractivity contribution >= 4 is 16.8 Å². The molecule has 3 aromatic rings. The maximum Gasteiger partial charge on any atom is 0.253 e. The minimum absolute atomic E-state index is 0.0889. The van der Waals surface area contributed by atoms with Crippen LogP contribution in [-0.4, -0.2) is 34.0 Å². The second-order valence-corrected chi connectivity index (χ2v) is 7.33. The highest BCUT2D eigenvalue weighted by Gasteiger charge is 2.24. The van der Waals surface area contributed by atoms with Crippen LogP contribution < -0.4 is 0 Å². The molecule has 2 heterocycles. The Morgan fingerprint density at radius 2 is 1.78 bits per heavy atom. The Bertz CT molecular complexity index is 929. The van der Waals surface area contributed by atoms with Crippen LogP contribution in [0.4, 0.5) is 0 Å². The van der Waals surface area contributed by atoms with Crippen molar-refractivity contribution in [3.05, 3.63) is 77.5 Å². The molecule has 0 aliphatic carbocycles. The molecular formula is C23H24N2O2. The number of amides is 1. The zero-order valence-corrected chi connectivity index (χ0v) is 15.3. The topological polar surface area (TPSA) is 53.4 Å². The van der Waals surface area contributed by atoms with E-state index in [2.05, 4.69) is 17.1 Å². The highest BCUT2D eigenvalue weighted by atomic mass is 16.3. The average Bonchev–Trinajstić information content (AvgIpc) is 2.74. The van der Waals surface area contributed by atoms with Crippen molar-refractivity contribution in [3.8, 4) is 0 Å². The number of aliphatic hydroxyl groups is 1. The molecule has 1 aromatic heterocycles. The fourth-order valence-corrected chi connectivity index (χ4v) is 3.85. The monoisotopic (exact) mass is 360 g/mol. The summed E-state index contributed by atoms with van der Waals surface area (Å²) in [5.74, 6) is 0.723. The first kappa shape index (κ1) is 17.7. The SMILES string of the molecule is O=C(c1ccc2ncccc2c1)N1CCC(Cc2ccc(CO)cc2)CC1. The van der Waals surface area contributed by atoms with Crippen LogP contribution in [0, 0.1) is 5.92 Å². The number of nitrogens with zero attached hydrogens (tertiary/aromatic N) is 2. The number of pyridine rings is 1. The fourth-order valence-electron chi connectivity index (χ4n) is 3.85. The van der Waals surface area contributed by atoms with E-state index < -0.39 is 0 Å². The van der Waals surface area contributed by atoms with E-state index in [0.29, 0.717) is 5.92 Å². The van der Waals surface area contributed by atoms with Crippen molar-refractivity contribution in [2.24, 2.45) is 5.92 Å². The summed E-state index contributed by atoms with van der Waals surface area (Å²) in [6.07, 6.45) is 4.87. The normalized spacial score (nSPS) is 15.2. The quantitative estimate of drug-likeness (QED) is 0.769. The van der Waals surface area contributed by atoms with Crippen LogP contribution in [0.3, 0.4) is 0 Å². The van der Waals surface area contributed by atoms with Gasteiger partial charge in [-0.1, -0.05) is 30.3 Å². The molecule has 0 atom stereocenters. The second kappa shape index (κ2) is 7.89. The van der Waals surface area contributed by atoms with E-state index in [1.54, 1.807) is 6.20 Å². The third kappa shape index (κ3) is 4.01. The third-order valence-electron chi connectivity index (χ3n) is 5.48. The molecule has 1 fully saturated rings. The molecule has 4 rings (SSSR count). The maximum absolute atomic E-state index is 12.9. The van der Waals surface area contributed by atoms with Crippen LogP contribution in [0.15, 0.2) is 60.8 Å². The molecule has 1 aliphatic rings. The van der Waals surface area contributed by atoms with Gasteiger partial charge in [-0.15, -0.1) is 0 Å². The summed E-state index contributed by atoms with van der Waals surface area (Å²) in [4.78, 5) is 19.2. The number of rotatable bonds is 4. The van der Waals surface area contributed by atoms with Gasteiger partial charge in [0.1, 0.15) is 0 Å². The predicted molar refractivity (Wildman–Crippen MR) is 106 cm³/mol. The summed E-state index contributed by atoms with van der Waals surface area (Å²) < 4.78 is 0. The number of fused-ring (bicyclic) bond motifs is 1. The molecule has 0 radical (unpaired) electrons. The number of likely N-dealkylation sites (tertiary alicyclic amines) is 1.